The maximum absolute atomic E-state index is 14.9. The highest BCUT2D eigenvalue weighted by Crippen LogP contribution is 2.39. The van der Waals surface area contributed by atoms with Crippen molar-refractivity contribution in [1.82, 2.24) is 24.6 Å². The van der Waals surface area contributed by atoms with E-state index in [2.05, 4.69) is 15.1 Å². The fourth-order valence-electron chi connectivity index (χ4n) is 4.03. The Balaban J connectivity index is 1.55. The van der Waals surface area contributed by atoms with E-state index in [-0.39, 0.29) is 29.3 Å². The summed E-state index contributed by atoms with van der Waals surface area (Å²) in [7, 11) is 3.11. The van der Waals surface area contributed by atoms with Crippen molar-refractivity contribution in [2.24, 2.45) is 7.05 Å². The molecule has 0 fully saturated rings. The average molecular weight is 460 g/mol. The molecule has 170 valence electrons. The van der Waals surface area contributed by atoms with Crippen LogP contribution in [-0.4, -0.2) is 44.2 Å². The minimum Gasteiger partial charge on any atom is -0.491 e. The second kappa shape index (κ2) is 7.02. The zero-order valence-electron chi connectivity index (χ0n) is 17.3. The number of benzene rings is 1. The Morgan fingerprint density at radius 1 is 1.24 bits per heavy atom. The first kappa shape index (κ1) is 20.9. The Labute approximate surface area is 183 Å². The highest BCUT2D eigenvalue weighted by atomic mass is 19.4. The molecule has 1 amide bonds. The van der Waals surface area contributed by atoms with Crippen LogP contribution in [0.5, 0.6) is 5.75 Å². The Morgan fingerprint density at radius 2 is 2.00 bits per heavy atom. The SMILES string of the molecule is CN(C(=O)c1cc2c(cc1F)nc(N)c1cnn(C)c12)[C@H]1COc2cc(C(F)(F)F)ncc21. The summed E-state index contributed by atoms with van der Waals surface area (Å²) in [6.07, 6.45) is -2.06. The maximum Gasteiger partial charge on any atom is 0.433 e. The van der Waals surface area contributed by atoms with Crippen molar-refractivity contribution in [3.05, 3.63) is 53.2 Å². The number of hydrogen-bond donors (Lipinski definition) is 1. The van der Waals surface area contributed by atoms with Gasteiger partial charge in [0.25, 0.3) is 5.91 Å². The van der Waals surface area contributed by atoms with Crippen molar-refractivity contribution >= 4 is 33.5 Å². The molecule has 0 spiro atoms. The number of ether oxygens (including phenoxy) is 1. The lowest BCUT2D eigenvalue weighted by Gasteiger charge is -2.24. The lowest BCUT2D eigenvalue weighted by molar-refractivity contribution is -0.141. The van der Waals surface area contributed by atoms with Crippen LogP contribution >= 0.6 is 0 Å². The lowest BCUT2D eigenvalue weighted by Crippen LogP contribution is -2.32. The molecule has 0 saturated carbocycles. The van der Waals surface area contributed by atoms with Gasteiger partial charge in [-0.3, -0.25) is 14.5 Å². The number of nitrogens with two attached hydrogens (primary N) is 1. The number of carbonyl (C=O) groups excluding carboxylic acids is 1. The number of fused-ring (bicyclic) bond motifs is 4. The van der Waals surface area contributed by atoms with Crippen molar-refractivity contribution < 1.29 is 27.1 Å². The zero-order chi connectivity index (χ0) is 23.7. The lowest BCUT2D eigenvalue weighted by atomic mass is 10.0. The van der Waals surface area contributed by atoms with Gasteiger partial charge in [-0.2, -0.15) is 18.3 Å². The standard InChI is InChI=1S/C21H16F4N6O2/c1-30(15-8-33-16-5-17(21(23,24)25)27-6-11(15)16)20(32)9-3-10-14(4-13(9)22)29-19(26)12-7-28-31(2)18(10)12/h3-7,15H,8H2,1-2H3,(H2,26,29)/t15-/m0/s1. The summed E-state index contributed by atoms with van der Waals surface area (Å²) in [5.74, 6) is -1.32. The first-order chi connectivity index (χ1) is 15.6. The van der Waals surface area contributed by atoms with Crippen LogP contribution in [0.2, 0.25) is 0 Å². The Bertz CT molecular complexity index is 1450. The molecule has 5 rings (SSSR count). The van der Waals surface area contributed by atoms with Gasteiger partial charge in [-0.15, -0.1) is 0 Å². The molecule has 1 atom stereocenters. The average Bonchev–Trinajstić information content (AvgIpc) is 3.36. The zero-order valence-corrected chi connectivity index (χ0v) is 17.3. The first-order valence-corrected chi connectivity index (χ1v) is 9.73. The molecule has 4 heterocycles. The molecule has 1 aliphatic heterocycles. The number of likely N-dealkylation sites (N-methyl/N-ethyl adjacent to an activating group) is 1. The van der Waals surface area contributed by atoms with Crippen LogP contribution < -0.4 is 10.5 Å². The van der Waals surface area contributed by atoms with Gasteiger partial charge in [0.15, 0.2) is 0 Å². The molecule has 12 heteroatoms. The largest absolute Gasteiger partial charge is 0.491 e. The molecule has 0 aliphatic carbocycles. The fourth-order valence-corrected chi connectivity index (χ4v) is 4.03. The molecular formula is C21H16F4N6O2. The number of carbonyl (C=O) groups is 1. The van der Waals surface area contributed by atoms with Crippen molar-refractivity contribution in [3.8, 4) is 5.75 Å². The van der Waals surface area contributed by atoms with E-state index in [1.807, 2.05) is 0 Å². The van der Waals surface area contributed by atoms with E-state index in [9.17, 15) is 22.4 Å². The van der Waals surface area contributed by atoms with Crippen molar-refractivity contribution in [2.75, 3.05) is 19.4 Å². The van der Waals surface area contributed by atoms with Crippen LogP contribution in [0.25, 0.3) is 21.8 Å². The maximum atomic E-state index is 14.9. The molecule has 4 aromatic rings. The van der Waals surface area contributed by atoms with Gasteiger partial charge in [0.2, 0.25) is 0 Å². The molecular weight excluding hydrogens is 444 g/mol. The van der Waals surface area contributed by atoms with E-state index < -0.39 is 29.6 Å². The third-order valence-corrected chi connectivity index (χ3v) is 5.76. The normalized spacial score (nSPS) is 15.6. The molecule has 8 nitrogen and oxygen atoms in total. The fraction of sp³-hybridized carbons (Fsp3) is 0.238. The number of alkyl halides is 3. The third-order valence-electron chi connectivity index (χ3n) is 5.76. The number of aryl methyl sites for hydroxylation is 1. The molecule has 0 radical (unpaired) electrons. The van der Waals surface area contributed by atoms with E-state index in [4.69, 9.17) is 10.5 Å². The number of pyridine rings is 2. The summed E-state index contributed by atoms with van der Waals surface area (Å²) in [5, 5.41) is 5.20. The van der Waals surface area contributed by atoms with Crippen LogP contribution in [0.3, 0.4) is 0 Å². The van der Waals surface area contributed by atoms with Crippen LogP contribution in [0.15, 0.2) is 30.6 Å². The highest BCUT2D eigenvalue weighted by molar-refractivity contribution is 6.10. The van der Waals surface area contributed by atoms with Gasteiger partial charge >= 0.3 is 6.18 Å². The number of nitrogen functional groups attached to an aromatic ring is 1. The Morgan fingerprint density at radius 3 is 2.73 bits per heavy atom. The Hall–Kier alpha value is -3.96. The molecule has 33 heavy (non-hydrogen) atoms. The predicted octanol–water partition coefficient (Wildman–Crippen LogP) is 3.46. The quantitative estimate of drug-likeness (QED) is 0.460. The minimum atomic E-state index is -4.62. The minimum absolute atomic E-state index is 0.0165. The number of aromatic nitrogens is 4. The summed E-state index contributed by atoms with van der Waals surface area (Å²) in [5.41, 5.74) is 5.78. The number of anilines is 1. The third kappa shape index (κ3) is 3.20. The number of hydrogen-bond acceptors (Lipinski definition) is 6. The molecule has 1 aromatic carbocycles. The van der Waals surface area contributed by atoms with Crippen molar-refractivity contribution in [3.63, 3.8) is 0 Å². The molecule has 2 N–H and O–H groups in total. The van der Waals surface area contributed by atoms with Gasteiger partial charge < -0.3 is 15.4 Å². The molecule has 1 aliphatic rings. The monoisotopic (exact) mass is 460 g/mol. The van der Waals surface area contributed by atoms with Crippen molar-refractivity contribution in [2.45, 2.75) is 12.2 Å². The molecule has 0 unspecified atom stereocenters. The van der Waals surface area contributed by atoms with Gasteiger partial charge in [-0.1, -0.05) is 0 Å². The summed E-state index contributed by atoms with van der Waals surface area (Å²) < 4.78 is 60.6. The van der Waals surface area contributed by atoms with Gasteiger partial charge in [-0.25, -0.2) is 9.37 Å². The summed E-state index contributed by atoms with van der Waals surface area (Å²) in [6, 6.07) is 2.55. The van der Waals surface area contributed by atoms with E-state index >= 15 is 0 Å². The van der Waals surface area contributed by atoms with Gasteiger partial charge in [0, 0.05) is 43.4 Å². The van der Waals surface area contributed by atoms with Gasteiger partial charge in [0.1, 0.15) is 29.7 Å². The van der Waals surface area contributed by atoms with Crippen LogP contribution in [0.1, 0.15) is 27.7 Å². The first-order valence-electron chi connectivity index (χ1n) is 9.73. The molecule has 0 saturated heterocycles. The topological polar surface area (TPSA) is 99.2 Å². The van der Waals surface area contributed by atoms with Crippen LogP contribution in [-0.2, 0) is 13.2 Å². The van der Waals surface area contributed by atoms with E-state index in [1.54, 1.807) is 11.7 Å². The van der Waals surface area contributed by atoms with E-state index in [0.717, 1.165) is 18.3 Å². The highest BCUT2D eigenvalue weighted by Gasteiger charge is 2.37. The van der Waals surface area contributed by atoms with Gasteiger partial charge in [-0.05, 0) is 6.07 Å². The summed E-state index contributed by atoms with van der Waals surface area (Å²) >= 11 is 0. The second-order valence-corrected chi connectivity index (χ2v) is 7.72. The van der Waals surface area contributed by atoms with Crippen LogP contribution in [0.4, 0.5) is 23.4 Å². The molecule has 0 bridgehead atoms. The summed E-state index contributed by atoms with van der Waals surface area (Å²) in [6.45, 7) is -0.0835. The smallest absolute Gasteiger partial charge is 0.433 e. The number of rotatable bonds is 2. The predicted molar refractivity (Wildman–Crippen MR) is 110 cm³/mol. The second-order valence-electron chi connectivity index (χ2n) is 7.72. The summed E-state index contributed by atoms with van der Waals surface area (Å²) in [4.78, 5) is 22.1. The molecule has 3 aromatic heterocycles. The number of halogens is 4. The van der Waals surface area contributed by atoms with E-state index in [1.165, 1.54) is 24.2 Å². The van der Waals surface area contributed by atoms with E-state index in [0.29, 0.717) is 21.9 Å². The van der Waals surface area contributed by atoms with Crippen LogP contribution in [0, 0.1) is 5.82 Å². The number of amides is 1. The van der Waals surface area contributed by atoms with Crippen molar-refractivity contribution in [1.29, 1.82) is 0 Å². The van der Waals surface area contributed by atoms with Gasteiger partial charge in [0.05, 0.1) is 34.2 Å². The number of nitrogens with zero attached hydrogens (tertiary/aromatic N) is 5. The Kier molecular flexibility index (Phi) is 4.45.